The van der Waals surface area contributed by atoms with Crippen LogP contribution in [0.25, 0.3) is 0 Å². The lowest BCUT2D eigenvalue weighted by Crippen LogP contribution is -2.21. The van der Waals surface area contributed by atoms with Gasteiger partial charge in [0.05, 0.1) is 6.20 Å². The van der Waals surface area contributed by atoms with Crippen molar-refractivity contribution in [2.45, 2.75) is 26.9 Å². The van der Waals surface area contributed by atoms with Gasteiger partial charge in [0.1, 0.15) is 0 Å². The Kier molecular flexibility index (Phi) is 4.74. The molecule has 1 N–H and O–H groups in total. The molecule has 2 rings (SSSR count). The molecule has 0 fully saturated rings. The van der Waals surface area contributed by atoms with Crippen molar-refractivity contribution < 1.29 is 0 Å². The van der Waals surface area contributed by atoms with E-state index in [0.717, 1.165) is 25.3 Å². The summed E-state index contributed by atoms with van der Waals surface area (Å²) in [7, 11) is 4.05. The minimum absolute atomic E-state index is 0.844. The Hall–Kier alpha value is -1.88. The summed E-state index contributed by atoms with van der Waals surface area (Å²) >= 11 is 0. The zero-order chi connectivity index (χ0) is 14.5. The smallest absolute Gasteiger partial charge is 0.0539 e. The van der Waals surface area contributed by atoms with Crippen LogP contribution in [-0.4, -0.2) is 28.4 Å². The molecule has 2 aromatic heterocycles. The zero-order valence-corrected chi connectivity index (χ0v) is 12.7. The van der Waals surface area contributed by atoms with Crippen LogP contribution in [0, 0.1) is 6.92 Å². The molecular formula is C15H23N5. The highest BCUT2D eigenvalue weighted by Gasteiger charge is 2.10. The second-order valence-corrected chi connectivity index (χ2v) is 5.11. The second-order valence-electron chi connectivity index (χ2n) is 5.11. The standard InChI is InChI=1S/C15H23N5/c1-5-16-8-14-9-17-12(2)6-15(14)19(3)10-13-7-18-20(4)11-13/h6-7,9,11,16H,5,8,10H2,1-4H3. The Bertz CT molecular complexity index is 561. The van der Waals surface area contributed by atoms with Crippen LogP contribution in [0.15, 0.2) is 24.7 Å². The fourth-order valence-electron chi connectivity index (χ4n) is 2.24. The second kappa shape index (κ2) is 6.52. The Morgan fingerprint density at radius 1 is 1.35 bits per heavy atom. The van der Waals surface area contributed by atoms with E-state index in [9.17, 15) is 0 Å². The van der Waals surface area contributed by atoms with Crippen LogP contribution in [0.5, 0.6) is 0 Å². The maximum Gasteiger partial charge on any atom is 0.0539 e. The Labute approximate surface area is 120 Å². The number of rotatable bonds is 6. The molecular weight excluding hydrogens is 250 g/mol. The van der Waals surface area contributed by atoms with Gasteiger partial charge in [-0.25, -0.2) is 0 Å². The minimum atomic E-state index is 0.844. The highest BCUT2D eigenvalue weighted by atomic mass is 15.2. The first-order valence-electron chi connectivity index (χ1n) is 6.95. The molecule has 0 radical (unpaired) electrons. The number of anilines is 1. The quantitative estimate of drug-likeness (QED) is 0.873. The summed E-state index contributed by atoms with van der Waals surface area (Å²) in [4.78, 5) is 6.65. The summed E-state index contributed by atoms with van der Waals surface area (Å²) in [5, 5.41) is 7.58. The van der Waals surface area contributed by atoms with Gasteiger partial charge >= 0.3 is 0 Å². The van der Waals surface area contributed by atoms with Gasteiger partial charge in [0, 0.05) is 62.1 Å². The molecule has 0 atom stereocenters. The van der Waals surface area contributed by atoms with E-state index in [1.807, 2.05) is 31.0 Å². The summed E-state index contributed by atoms with van der Waals surface area (Å²) < 4.78 is 1.83. The summed E-state index contributed by atoms with van der Waals surface area (Å²) in [5.74, 6) is 0. The van der Waals surface area contributed by atoms with Gasteiger partial charge in [-0.15, -0.1) is 0 Å². The summed E-state index contributed by atoms with van der Waals surface area (Å²) in [5.41, 5.74) is 4.70. The van der Waals surface area contributed by atoms with E-state index in [0.29, 0.717) is 0 Å². The molecule has 0 saturated heterocycles. The van der Waals surface area contributed by atoms with Gasteiger partial charge < -0.3 is 10.2 Å². The van der Waals surface area contributed by atoms with E-state index in [2.05, 4.69) is 46.5 Å². The molecule has 2 heterocycles. The van der Waals surface area contributed by atoms with E-state index in [1.165, 1.54) is 16.8 Å². The topological polar surface area (TPSA) is 46.0 Å². The molecule has 0 aliphatic heterocycles. The summed E-state index contributed by atoms with van der Waals surface area (Å²) in [6.45, 7) is 6.78. The van der Waals surface area contributed by atoms with E-state index in [1.54, 1.807) is 0 Å². The number of aryl methyl sites for hydroxylation is 2. The third-order valence-corrected chi connectivity index (χ3v) is 3.25. The molecule has 20 heavy (non-hydrogen) atoms. The van der Waals surface area contributed by atoms with Crippen molar-refractivity contribution in [2.75, 3.05) is 18.5 Å². The van der Waals surface area contributed by atoms with Crippen molar-refractivity contribution in [2.24, 2.45) is 7.05 Å². The number of hydrogen-bond acceptors (Lipinski definition) is 4. The normalized spacial score (nSPS) is 10.8. The van der Waals surface area contributed by atoms with Crippen LogP contribution >= 0.6 is 0 Å². The minimum Gasteiger partial charge on any atom is -0.370 e. The van der Waals surface area contributed by atoms with E-state index < -0.39 is 0 Å². The third-order valence-electron chi connectivity index (χ3n) is 3.25. The van der Waals surface area contributed by atoms with Gasteiger partial charge in [-0.2, -0.15) is 5.10 Å². The lowest BCUT2D eigenvalue weighted by Gasteiger charge is -2.22. The SMILES string of the molecule is CCNCc1cnc(C)cc1N(C)Cc1cnn(C)c1. The summed E-state index contributed by atoms with van der Waals surface area (Å²) in [6, 6.07) is 2.14. The van der Waals surface area contributed by atoms with Gasteiger partial charge in [-0.1, -0.05) is 6.92 Å². The maximum absolute atomic E-state index is 4.40. The molecule has 5 heteroatoms. The largest absolute Gasteiger partial charge is 0.370 e. The Morgan fingerprint density at radius 2 is 2.15 bits per heavy atom. The van der Waals surface area contributed by atoms with Gasteiger partial charge in [-0.3, -0.25) is 9.67 Å². The van der Waals surface area contributed by atoms with Gasteiger partial charge in [0.15, 0.2) is 0 Å². The predicted molar refractivity (Wildman–Crippen MR) is 81.7 cm³/mol. The number of nitrogens with zero attached hydrogens (tertiary/aromatic N) is 4. The van der Waals surface area contributed by atoms with Crippen LogP contribution in [0.4, 0.5) is 5.69 Å². The molecule has 0 saturated carbocycles. The van der Waals surface area contributed by atoms with Crippen LogP contribution in [0.2, 0.25) is 0 Å². The first-order valence-corrected chi connectivity index (χ1v) is 6.95. The summed E-state index contributed by atoms with van der Waals surface area (Å²) in [6.07, 6.45) is 5.93. The highest BCUT2D eigenvalue weighted by Crippen LogP contribution is 2.21. The van der Waals surface area contributed by atoms with E-state index in [-0.39, 0.29) is 0 Å². The highest BCUT2D eigenvalue weighted by molar-refractivity contribution is 5.53. The van der Waals surface area contributed by atoms with Gasteiger partial charge in [-0.05, 0) is 19.5 Å². The number of hydrogen-bond donors (Lipinski definition) is 1. The lowest BCUT2D eigenvalue weighted by atomic mass is 10.1. The predicted octanol–water partition coefficient (Wildman–Crippen LogP) is 1.87. The average molecular weight is 273 g/mol. The van der Waals surface area contributed by atoms with Crippen LogP contribution in [0.1, 0.15) is 23.7 Å². The molecule has 108 valence electrons. The fraction of sp³-hybridized carbons (Fsp3) is 0.467. The first kappa shape index (κ1) is 14.5. The van der Waals surface area contributed by atoms with Crippen LogP contribution < -0.4 is 10.2 Å². The molecule has 0 amide bonds. The number of nitrogens with one attached hydrogen (secondary N) is 1. The molecule has 0 aliphatic carbocycles. The van der Waals surface area contributed by atoms with Gasteiger partial charge in [0.25, 0.3) is 0 Å². The number of pyridine rings is 1. The Balaban J connectivity index is 2.18. The zero-order valence-electron chi connectivity index (χ0n) is 12.7. The van der Waals surface area contributed by atoms with Crippen molar-refractivity contribution in [3.05, 3.63) is 41.5 Å². The molecule has 2 aromatic rings. The van der Waals surface area contributed by atoms with Crippen molar-refractivity contribution in [3.63, 3.8) is 0 Å². The number of aromatic nitrogens is 3. The van der Waals surface area contributed by atoms with Crippen molar-refractivity contribution in [1.82, 2.24) is 20.1 Å². The molecule has 5 nitrogen and oxygen atoms in total. The first-order chi connectivity index (χ1) is 9.60. The average Bonchev–Trinajstić information content (AvgIpc) is 2.82. The molecule has 0 bridgehead atoms. The van der Waals surface area contributed by atoms with Crippen molar-refractivity contribution in [1.29, 1.82) is 0 Å². The maximum atomic E-state index is 4.40. The van der Waals surface area contributed by atoms with E-state index >= 15 is 0 Å². The fourth-order valence-corrected chi connectivity index (χ4v) is 2.24. The lowest BCUT2D eigenvalue weighted by molar-refractivity contribution is 0.719. The van der Waals surface area contributed by atoms with Gasteiger partial charge in [0.2, 0.25) is 0 Å². The molecule has 0 spiro atoms. The third kappa shape index (κ3) is 3.57. The van der Waals surface area contributed by atoms with Crippen LogP contribution in [-0.2, 0) is 20.1 Å². The molecule has 0 unspecified atom stereocenters. The monoisotopic (exact) mass is 273 g/mol. The Morgan fingerprint density at radius 3 is 2.80 bits per heavy atom. The van der Waals surface area contributed by atoms with Crippen molar-refractivity contribution in [3.8, 4) is 0 Å². The molecule has 0 aromatic carbocycles. The van der Waals surface area contributed by atoms with Crippen LogP contribution in [0.3, 0.4) is 0 Å². The molecule has 0 aliphatic rings. The van der Waals surface area contributed by atoms with Crippen molar-refractivity contribution >= 4 is 5.69 Å². The van der Waals surface area contributed by atoms with E-state index in [4.69, 9.17) is 0 Å².